The van der Waals surface area contributed by atoms with Crippen molar-refractivity contribution in [1.29, 1.82) is 0 Å². The zero-order valence-corrected chi connectivity index (χ0v) is 4.81. The molecule has 0 unspecified atom stereocenters. The summed E-state index contributed by atoms with van der Waals surface area (Å²) in [6, 6.07) is 0. The fraction of sp³-hybridized carbons (Fsp3) is 0.200. The lowest BCUT2D eigenvalue weighted by atomic mass is 10.3. The topological polar surface area (TPSA) is 45.8 Å². The molecular weight excluding hydrogens is 123 g/mol. The van der Waals surface area contributed by atoms with Gasteiger partial charge in [0, 0.05) is 0 Å². The van der Waals surface area contributed by atoms with Crippen molar-refractivity contribution in [2.75, 3.05) is 0 Å². The summed E-state index contributed by atoms with van der Waals surface area (Å²) >= 11 is 0. The van der Waals surface area contributed by atoms with Crippen molar-refractivity contribution in [3.8, 4) is 0 Å². The molecule has 0 aliphatic heterocycles. The molecule has 1 N–H and O–H groups in total. The highest BCUT2D eigenvalue weighted by molar-refractivity contribution is 5.05. The Bertz CT molecular complexity index is 268. The third kappa shape index (κ3) is 0.960. The van der Waals surface area contributed by atoms with Crippen LogP contribution >= 0.6 is 0 Å². The Morgan fingerprint density at radius 2 is 2.44 bits per heavy atom. The normalized spacial score (nSPS) is 9.56. The summed E-state index contributed by atoms with van der Waals surface area (Å²) in [5, 5.41) is 5.33. The van der Waals surface area contributed by atoms with E-state index < -0.39 is 11.4 Å². The zero-order chi connectivity index (χ0) is 6.85. The first-order valence-corrected chi connectivity index (χ1v) is 2.41. The molecule has 48 valence electrons. The van der Waals surface area contributed by atoms with Gasteiger partial charge < -0.3 is 0 Å². The lowest BCUT2D eigenvalue weighted by Gasteiger charge is -1.88. The molecule has 0 bridgehead atoms. The predicted molar refractivity (Wildman–Crippen MR) is 29.6 cm³/mol. The number of H-pyrrole nitrogens is 1. The molecule has 0 atom stereocenters. The molecule has 0 saturated heterocycles. The van der Waals surface area contributed by atoms with Crippen molar-refractivity contribution in [3.63, 3.8) is 0 Å². The maximum Gasteiger partial charge on any atom is 0.270 e. The zero-order valence-electron chi connectivity index (χ0n) is 4.81. The molecule has 0 spiro atoms. The number of aromatic amines is 1. The van der Waals surface area contributed by atoms with Gasteiger partial charge in [0.15, 0.2) is 5.82 Å². The van der Waals surface area contributed by atoms with Crippen molar-refractivity contribution in [2.45, 2.75) is 6.92 Å². The monoisotopic (exact) mass is 128 g/mol. The number of nitrogens with zero attached hydrogens (tertiary/aromatic N) is 1. The van der Waals surface area contributed by atoms with Gasteiger partial charge in [0.25, 0.3) is 5.56 Å². The van der Waals surface area contributed by atoms with E-state index in [0.717, 1.165) is 6.20 Å². The number of halogens is 1. The molecule has 1 aromatic heterocycles. The van der Waals surface area contributed by atoms with Crippen LogP contribution in [0, 0.1) is 12.7 Å². The van der Waals surface area contributed by atoms with Gasteiger partial charge in [-0.1, -0.05) is 0 Å². The Morgan fingerprint density at radius 1 is 1.78 bits per heavy atom. The van der Waals surface area contributed by atoms with Crippen LogP contribution in [-0.4, -0.2) is 10.2 Å². The van der Waals surface area contributed by atoms with Gasteiger partial charge >= 0.3 is 0 Å². The van der Waals surface area contributed by atoms with Crippen molar-refractivity contribution in [1.82, 2.24) is 10.2 Å². The van der Waals surface area contributed by atoms with E-state index in [1.54, 1.807) is 0 Å². The summed E-state index contributed by atoms with van der Waals surface area (Å²) in [7, 11) is 0. The number of rotatable bonds is 0. The summed E-state index contributed by atoms with van der Waals surface area (Å²) < 4.78 is 12.3. The predicted octanol–water partition coefficient (Wildman–Crippen LogP) is 0.217. The molecule has 1 aromatic rings. The van der Waals surface area contributed by atoms with E-state index in [-0.39, 0.29) is 5.56 Å². The molecule has 4 heteroatoms. The lowest BCUT2D eigenvalue weighted by Crippen LogP contribution is -2.12. The van der Waals surface area contributed by atoms with Crippen LogP contribution in [0.2, 0.25) is 0 Å². The molecule has 1 heterocycles. The maximum absolute atomic E-state index is 12.3. The van der Waals surface area contributed by atoms with Crippen molar-refractivity contribution in [3.05, 3.63) is 27.9 Å². The highest BCUT2D eigenvalue weighted by Crippen LogP contribution is 1.92. The third-order valence-corrected chi connectivity index (χ3v) is 1.04. The molecule has 1 rings (SSSR count). The maximum atomic E-state index is 12.3. The van der Waals surface area contributed by atoms with Crippen molar-refractivity contribution < 1.29 is 4.39 Å². The van der Waals surface area contributed by atoms with Gasteiger partial charge in [-0.2, -0.15) is 5.10 Å². The molecule has 3 nitrogen and oxygen atoms in total. The summed E-state index contributed by atoms with van der Waals surface area (Å²) in [6.45, 7) is 1.40. The Hall–Kier alpha value is -1.19. The number of hydrogen-bond acceptors (Lipinski definition) is 2. The molecule has 0 aromatic carbocycles. The molecular formula is C5H5FN2O. The Labute approximate surface area is 50.5 Å². The smallest absolute Gasteiger partial charge is 0.268 e. The first-order chi connectivity index (χ1) is 4.22. The number of nitrogens with one attached hydrogen (secondary N) is 1. The van der Waals surface area contributed by atoms with Crippen LogP contribution in [-0.2, 0) is 0 Å². The summed E-state index contributed by atoms with van der Waals surface area (Å²) in [4.78, 5) is 10.5. The molecule has 0 radical (unpaired) electrons. The average molecular weight is 128 g/mol. The van der Waals surface area contributed by atoms with Crippen LogP contribution in [0.15, 0.2) is 11.0 Å². The first-order valence-electron chi connectivity index (χ1n) is 2.41. The van der Waals surface area contributed by atoms with Crippen LogP contribution in [0.5, 0.6) is 0 Å². The molecule has 0 aliphatic carbocycles. The molecule has 0 saturated carbocycles. The van der Waals surface area contributed by atoms with Crippen LogP contribution in [0.3, 0.4) is 0 Å². The third-order valence-electron chi connectivity index (χ3n) is 1.04. The van der Waals surface area contributed by atoms with E-state index in [1.807, 2.05) is 0 Å². The fourth-order valence-electron chi connectivity index (χ4n) is 0.437. The summed E-state index contributed by atoms with van der Waals surface area (Å²) in [6.07, 6.45) is 0.969. The fourth-order valence-corrected chi connectivity index (χ4v) is 0.437. The van der Waals surface area contributed by atoms with Gasteiger partial charge in [-0.15, -0.1) is 0 Å². The van der Waals surface area contributed by atoms with Gasteiger partial charge in [0.2, 0.25) is 0 Å². The van der Waals surface area contributed by atoms with Crippen LogP contribution < -0.4 is 5.56 Å². The van der Waals surface area contributed by atoms with E-state index in [1.165, 1.54) is 6.92 Å². The van der Waals surface area contributed by atoms with Gasteiger partial charge in [0.1, 0.15) is 0 Å². The minimum atomic E-state index is -0.571. The van der Waals surface area contributed by atoms with Crippen molar-refractivity contribution >= 4 is 0 Å². The highest BCUT2D eigenvalue weighted by Gasteiger charge is 1.98. The first kappa shape index (κ1) is 5.94. The van der Waals surface area contributed by atoms with Crippen LogP contribution in [0.4, 0.5) is 4.39 Å². The van der Waals surface area contributed by atoms with Gasteiger partial charge in [-0.3, -0.25) is 4.79 Å². The standard InChI is InChI=1S/C5H5FN2O/c1-3-4(6)2-7-8-5(3)9/h2H,1H3,(H,8,9). The lowest BCUT2D eigenvalue weighted by molar-refractivity contribution is 0.600. The van der Waals surface area contributed by atoms with Gasteiger partial charge in [-0.25, -0.2) is 9.49 Å². The number of aromatic nitrogens is 2. The van der Waals surface area contributed by atoms with Crippen LogP contribution in [0.1, 0.15) is 5.56 Å². The summed E-state index contributed by atoms with van der Waals surface area (Å²) in [5.41, 5.74) is -0.403. The average Bonchev–Trinajstić information content (AvgIpc) is 1.83. The Morgan fingerprint density at radius 3 is 2.89 bits per heavy atom. The molecule has 0 aliphatic rings. The Kier molecular flexibility index (Phi) is 1.30. The minimum Gasteiger partial charge on any atom is -0.268 e. The molecule has 9 heavy (non-hydrogen) atoms. The minimum absolute atomic E-state index is 0.0741. The van der Waals surface area contributed by atoms with E-state index in [9.17, 15) is 9.18 Å². The van der Waals surface area contributed by atoms with E-state index in [4.69, 9.17) is 0 Å². The largest absolute Gasteiger partial charge is 0.270 e. The second kappa shape index (κ2) is 1.97. The SMILES string of the molecule is Cc1c(F)cn[nH]c1=O. The molecule has 0 amide bonds. The highest BCUT2D eigenvalue weighted by atomic mass is 19.1. The van der Waals surface area contributed by atoms with Crippen molar-refractivity contribution in [2.24, 2.45) is 0 Å². The number of hydrogen-bond donors (Lipinski definition) is 1. The molecule has 0 fully saturated rings. The quantitative estimate of drug-likeness (QED) is 0.543. The van der Waals surface area contributed by atoms with E-state index in [0.29, 0.717) is 0 Å². The van der Waals surface area contributed by atoms with E-state index >= 15 is 0 Å². The summed E-state index contributed by atoms with van der Waals surface area (Å²) in [5.74, 6) is -0.571. The Balaban J connectivity index is 3.43. The van der Waals surface area contributed by atoms with Crippen LogP contribution in [0.25, 0.3) is 0 Å². The van der Waals surface area contributed by atoms with E-state index in [2.05, 4.69) is 10.2 Å². The second-order valence-electron chi connectivity index (χ2n) is 1.67. The van der Waals surface area contributed by atoms with Gasteiger partial charge in [0.05, 0.1) is 11.8 Å². The van der Waals surface area contributed by atoms with Gasteiger partial charge in [-0.05, 0) is 6.92 Å². The second-order valence-corrected chi connectivity index (χ2v) is 1.67.